The number of hydrogen-bond donors (Lipinski definition) is 2. The average molecular weight is 506 g/mol. The fraction of sp³-hybridized carbons (Fsp3) is 0.138. The lowest BCUT2D eigenvalue weighted by molar-refractivity contribution is -0.112. The van der Waals surface area contributed by atoms with Crippen LogP contribution in [0, 0.1) is 13.8 Å². The van der Waals surface area contributed by atoms with E-state index in [1.165, 1.54) is 6.33 Å². The van der Waals surface area contributed by atoms with Crippen LogP contribution in [0.3, 0.4) is 0 Å². The molecule has 5 rings (SSSR count). The Morgan fingerprint density at radius 1 is 1.03 bits per heavy atom. The molecule has 0 aliphatic carbocycles. The number of benzene rings is 2. The summed E-state index contributed by atoms with van der Waals surface area (Å²) >= 11 is 0. The van der Waals surface area contributed by atoms with E-state index in [-0.39, 0.29) is 5.91 Å². The number of hydrogen-bond acceptors (Lipinski definition) is 7. The highest BCUT2D eigenvalue weighted by molar-refractivity contribution is 6.08. The number of nitrogens with two attached hydrogens (primary N) is 1. The molecule has 0 saturated carbocycles. The van der Waals surface area contributed by atoms with Crippen LogP contribution < -0.4 is 15.8 Å². The summed E-state index contributed by atoms with van der Waals surface area (Å²) in [7, 11) is 1.95. The molecule has 0 radical (unpaired) electrons. The lowest BCUT2D eigenvalue weighted by Crippen LogP contribution is -2.11. The molecule has 9 heteroatoms. The number of ether oxygens (including phenoxy) is 1. The zero-order chi connectivity index (χ0) is 27.0. The van der Waals surface area contributed by atoms with E-state index in [2.05, 4.69) is 31.8 Å². The summed E-state index contributed by atoms with van der Waals surface area (Å²) in [4.78, 5) is 29.4. The summed E-state index contributed by atoms with van der Waals surface area (Å²) < 4.78 is 7.96. The minimum absolute atomic E-state index is 0.222. The third-order valence-corrected chi connectivity index (χ3v) is 6.24. The molecular formula is C29H27N7O2. The minimum Gasteiger partial charge on any atom is -0.424 e. The van der Waals surface area contributed by atoms with Crippen LogP contribution in [0.25, 0.3) is 33.4 Å². The van der Waals surface area contributed by atoms with Crippen LogP contribution in [-0.2, 0) is 11.8 Å². The SMILES string of the molecule is C=C(C)C(=O)Nc1ccc(-c2c(-c3ccc(Oc4nccc(C)n4)c(C)c3)c3c(N)ncnc3n2C)cc1. The third-order valence-electron chi connectivity index (χ3n) is 6.24. The maximum atomic E-state index is 12.0. The lowest BCUT2D eigenvalue weighted by atomic mass is 9.97. The molecule has 0 atom stereocenters. The third kappa shape index (κ3) is 4.57. The van der Waals surface area contributed by atoms with Gasteiger partial charge in [-0.15, -0.1) is 0 Å². The van der Waals surface area contributed by atoms with Gasteiger partial charge in [-0.2, -0.15) is 0 Å². The number of fused-ring (bicyclic) bond motifs is 1. The molecule has 1 amide bonds. The first kappa shape index (κ1) is 24.6. The van der Waals surface area contributed by atoms with E-state index < -0.39 is 0 Å². The van der Waals surface area contributed by atoms with Gasteiger partial charge in [0.05, 0.1) is 11.1 Å². The van der Waals surface area contributed by atoms with Gasteiger partial charge in [0.1, 0.15) is 23.5 Å². The molecule has 0 bridgehead atoms. The van der Waals surface area contributed by atoms with Crippen molar-refractivity contribution >= 4 is 28.4 Å². The predicted octanol–water partition coefficient (Wildman–Crippen LogP) is 5.60. The number of carbonyl (C=O) groups excluding carboxylic acids is 1. The van der Waals surface area contributed by atoms with Gasteiger partial charge in [-0.3, -0.25) is 4.79 Å². The van der Waals surface area contributed by atoms with Crippen LogP contribution >= 0.6 is 0 Å². The van der Waals surface area contributed by atoms with E-state index in [0.29, 0.717) is 34.5 Å². The number of nitrogen functional groups attached to an aromatic ring is 1. The summed E-state index contributed by atoms with van der Waals surface area (Å²) in [6, 6.07) is 15.6. The Bertz CT molecular complexity index is 1700. The Labute approximate surface area is 220 Å². The molecule has 5 aromatic rings. The van der Waals surface area contributed by atoms with Crippen molar-refractivity contribution in [3.8, 4) is 34.1 Å². The maximum Gasteiger partial charge on any atom is 0.322 e. The van der Waals surface area contributed by atoms with Crippen LogP contribution in [0.4, 0.5) is 11.5 Å². The van der Waals surface area contributed by atoms with Crippen LogP contribution in [0.2, 0.25) is 0 Å². The van der Waals surface area contributed by atoms with E-state index in [4.69, 9.17) is 10.5 Å². The molecule has 38 heavy (non-hydrogen) atoms. The topological polar surface area (TPSA) is 121 Å². The Kier molecular flexibility index (Phi) is 6.34. The van der Waals surface area contributed by atoms with Gasteiger partial charge < -0.3 is 20.4 Å². The zero-order valence-electron chi connectivity index (χ0n) is 21.6. The van der Waals surface area contributed by atoms with Crippen LogP contribution in [0.5, 0.6) is 11.8 Å². The lowest BCUT2D eigenvalue weighted by Gasteiger charge is -2.13. The molecule has 3 N–H and O–H groups in total. The first-order valence-electron chi connectivity index (χ1n) is 12.0. The number of carbonyl (C=O) groups is 1. The summed E-state index contributed by atoms with van der Waals surface area (Å²) in [5.74, 6) is 0.825. The molecular weight excluding hydrogens is 478 g/mol. The van der Waals surface area contributed by atoms with E-state index in [0.717, 1.165) is 39.0 Å². The number of nitrogens with zero attached hydrogens (tertiary/aromatic N) is 5. The predicted molar refractivity (Wildman–Crippen MR) is 149 cm³/mol. The molecule has 3 aromatic heterocycles. The van der Waals surface area contributed by atoms with Gasteiger partial charge in [0.2, 0.25) is 0 Å². The number of aromatic nitrogens is 5. The van der Waals surface area contributed by atoms with Crippen molar-refractivity contribution in [3.63, 3.8) is 0 Å². The molecule has 0 fully saturated rings. The summed E-state index contributed by atoms with van der Waals surface area (Å²) in [5.41, 5.74) is 13.6. The van der Waals surface area contributed by atoms with Crippen LogP contribution in [0.15, 0.2) is 73.2 Å². The number of anilines is 2. The van der Waals surface area contributed by atoms with Crippen LogP contribution in [-0.4, -0.2) is 30.4 Å². The molecule has 0 spiro atoms. The largest absolute Gasteiger partial charge is 0.424 e. The Balaban J connectivity index is 1.61. The van der Waals surface area contributed by atoms with Gasteiger partial charge in [0.15, 0.2) is 0 Å². The highest BCUT2D eigenvalue weighted by Crippen LogP contribution is 2.42. The summed E-state index contributed by atoms with van der Waals surface area (Å²) in [6.07, 6.45) is 3.13. The molecule has 0 aliphatic heterocycles. The van der Waals surface area contributed by atoms with E-state index in [1.807, 2.05) is 74.0 Å². The highest BCUT2D eigenvalue weighted by Gasteiger charge is 2.22. The molecule has 0 saturated heterocycles. The van der Waals surface area contributed by atoms with Crippen molar-refractivity contribution in [2.75, 3.05) is 11.1 Å². The number of amides is 1. The quantitative estimate of drug-likeness (QED) is 0.288. The smallest absolute Gasteiger partial charge is 0.322 e. The van der Waals surface area contributed by atoms with E-state index in [1.54, 1.807) is 13.1 Å². The summed E-state index contributed by atoms with van der Waals surface area (Å²) in [6.45, 7) is 9.22. The second-order valence-corrected chi connectivity index (χ2v) is 9.11. The molecule has 3 heterocycles. The van der Waals surface area contributed by atoms with Gasteiger partial charge >= 0.3 is 6.01 Å². The van der Waals surface area contributed by atoms with Crippen molar-refractivity contribution in [1.29, 1.82) is 0 Å². The Morgan fingerprint density at radius 3 is 2.45 bits per heavy atom. The number of nitrogens with one attached hydrogen (secondary N) is 1. The van der Waals surface area contributed by atoms with Gasteiger partial charge in [-0.1, -0.05) is 24.8 Å². The van der Waals surface area contributed by atoms with Gasteiger partial charge in [-0.05, 0) is 67.8 Å². The fourth-order valence-corrected chi connectivity index (χ4v) is 4.34. The van der Waals surface area contributed by atoms with Crippen molar-refractivity contribution in [2.45, 2.75) is 20.8 Å². The van der Waals surface area contributed by atoms with Gasteiger partial charge in [0.25, 0.3) is 5.91 Å². The van der Waals surface area contributed by atoms with Crippen molar-refractivity contribution in [2.24, 2.45) is 7.05 Å². The number of aryl methyl sites for hydroxylation is 3. The summed E-state index contributed by atoms with van der Waals surface area (Å²) in [5, 5.41) is 3.61. The molecule has 0 aliphatic rings. The van der Waals surface area contributed by atoms with E-state index >= 15 is 0 Å². The van der Waals surface area contributed by atoms with Gasteiger partial charge in [-0.25, -0.2) is 19.9 Å². The molecule has 9 nitrogen and oxygen atoms in total. The van der Waals surface area contributed by atoms with Crippen molar-refractivity contribution in [1.82, 2.24) is 24.5 Å². The van der Waals surface area contributed by atoms with Crippen LogP contribution in [0.1, 0.15) is 18.2 Å². The molecule has 2 aromatic carbocycles. The maximum absolute atomic E-state index is 12.0. The second kappa shape index (κ2) is 9.78. The first-order chi connectivity index (χ1) is 18.2. The number of rotatable bonds is 6. The van der Waals surface area contributed by atoms with Crippen molar-refractivity contribution in [3.05, 3.63) is 84.5 Å². The van der Waals surface area contributed by atoms with Crippen molar-refractivity contribution < 1.29 is 9.53 Å². The minimum atomic E-state index is -0.222. The average Bonchev–Trinajstić information content (AvgIpc) is 3.19. The standard InChI is InChI=1S/C29H27N7O2/c1-16(2)28(37)35-21-9-6-19(7-10-21)25-23(24-26(30)32-15-33-27(24)36(25)5)20-8-11-22(17(3)14-20)38-29-31-13-12-18(4)34-29/h6-15H,1H2,2-5H3,(H,35,37)(H2,30,32,33). The molecule has 190 valence electrons. The van der Waals surface area contributed by atoms with Gasteiger partial charge in [0, 0.05) is 35.8 Å². The first-order valence-corrected chi connectivity index (χ1v) is 12.0. The zero-order valence-corrected chi connectivity index (χ0v) is 21.6. The normalized spacial score (nSPS) is 10.9. The molecule has 0 unspecified atom stereocenters. The monoisotopic (exact) mass is 505 g/mol. The highest BCUT2D eigenvalue weighted by atomic mass is 16.5. The second-order valence-electron chi connectivity index (χ2n) is 9.11. The fourth-order valence-electron chi connectivity index (χ4n) is 4.34. The Hall–Kier alpha value is -5.05. The Morgan fingerprint density at radius 2 is 1.76 bits per heavy atom. The van der Waals surface area contributed by atoms with E-state index in [9.17, 15) is 4.79 Å².